The van der Waals surface area contributed by atoms with Gasteiger partial charge >= 0.3 is 0 Å². The molecule has 0 aliphatic carbocycles. The van der Waals surface area contributed by atoms with Gasteiger partial charge in [-0.05, 0) is 63.1 Å². The smallest absolute Gasteiger partial charge is 0.238 e. The number of aryl methyl sites for hydroxylation is 4. The molecule has 128 valence electrons. The number of benzene rings is 2. The van der Waals surface area contributed by atoms with Crippen LogP contribution in [0.2, 0.25) is 0 Å². The first kappa shape index (κ1) is 16.7. The first-order valence-corrected chi connectivity index (χ1v) is 9.11. The molecule has 1 aliphatic rings. The molecule has 2 aromatic carbocycles. The summed E-state index contributed by atoms with van der Waals surface area (Å²) in [5.41, 5.74) is 9.20. The lowest BCUT2D eigenvalue weighted by Crippen LogP contribution is -2.47. The van der Waals surface area contributed by atoms with Gasteiger partial charge in [-0.2, -0.15) is 0 Å². The SMILES string of the molecule is Cc1ccnc(N2C=CB(c3c(C)cc(C)cc3C)c3ccccc32)c1. The van der Waals surface area contributed by atoms with E-state index in [0.29, 0.717) is 0 Å². The van der Waals surface area contributed by atoms with E-state index in [-0.39, 0.29) is 6.71 Å². The molecule has 0 spiro atoms. The van der Waals surface area contributed by atoms with Gasteiger partial charge in [0.2, 0.25) is 6.71 Å². The van der Waals surface area contributed by atoms with Crippen molar-refractivity contribution in [2.45, 2.75) is 27.7 Å². The monoisotopic (exact) mass is 338 g/mol. The summed E-state index contributed by atoms with van der Waals surface area (Å²) in [6.45, 7) is 8.99. The van der Waals surface area contributed by atoms with Gasteiger partial charge < -0.3 is 4.90 Å². The molecule has 0 atom stereocenters. The number of para-hydroxylation sites is 1. The topological polar surface area (TPSA) is 16.1 Å². The molecule has 0 saturated carbocycles. The number of hydrogen-bond donors (Lipinski definition) is 0. The van der Waals surface area contributed by atoms with Crippen LogP contribution in [0.4, 0.5) is 11.5 Å². The lowest BCUT2D eigenvalue weighted by Gasteiger charge is -2.30. The van der Waals surface area contributed by atoms with Crippen LogP contribution in [0.25, 0.3) is 0 Å². The number of pyridine rings is 1. The highest BCUT2D eigenvalue weighted by Crippen LogP contribution is 2.27. The molecular formula is C23H23BN2. The summed E-state index contributed by atoms with van der Waals surface area (Å²) in [6, 6.07) is 17.4. The minimum atomic E-state index is 0.271. The van der Waals surface area contributed by atoms with Gasteiger partial charge in [0.15, 0.2) is 0 Å². The zero-order valence-electron chi connectivity index (χ0n) is 15.8. The van der Waals surface area contributed by atoms with Crippen molar-refractivity contribution >= 4 is 29.1 Å². The Balaban J connectivity index is 1.86. The van der Waals surface area contributed by atoms with Crippen molar-refractivity contribution < 1.29 is 0 Å². The molecular weight excluding hydrogens is 315 g/mol. The van der Waals surface area contributed by atoms with Gasteiger partial charge in [-0.15, -0.1) is 0 Å². The van der Waals surface area contributed by atoms with Gasteiger partial charge in [0.1, 0.15) is 5.82 Å². The normalized spacial score (nSPS) is 13.1. The Hall–Kier alpha value is -2.81. The zero-order chi connectivity index (χ0) is 18.3. The van der Waals surface area contributed by atoms with Crippen LogP contribution < -0.4 is 15.8 Å². The summed E-state index contributed by atoms with van der Waals surface area (Å²) in [6.07, 6.45) is 4.05. The van der Waals surface area contributed by atoms with Crippen molar-refractivity contribution in [2.24, 2.45) is 0 Å². The van der Waals surface area contributed by atoms with E-state index in [1.165, 1.54) is 38.9 Å². The number of anilines is 2. The maximum absolute atomic E-state index is 4.58. The van der Waals surface area contributed by atoms with Crippen LogP contribution >= 0.6 is 0 Å². The fourth-order valence-corrected chi connectivity index (χ4v) is 4.11. The first-order valence-electron chi connectivity index (χ1n) is 9.11. The fourth-order valence-electron chi connectivity index (χ4n) is 4.11. The van der Waals surface area contributed by atoms with Crippen molar-refractivity contribution in [3.8, 4) is 0 Å². The van der Waals surface area contributed by atoms with Crippen LogP contribution in [-0.2, 0) is 0 Å². The Morgan fingerprint density at radius 3 is 2.31 bits per heavy atom. The average molecular weight is 338 g/mol. The van der Waals surface area contributed by atoms with E-state index in [9.17, 15) is 0 Å². The number of rotatable bonds is 2. The third kappa shape index (κ3) is 2.84. The summed E-state index contributed by atoms with van der Waals surface area (Å²) in [5, 5.41) is 0. The highest BCUT2D eigenvalue weighted by atomic mass is 15.2. The summed E-state index contributed by atoms with van der Waals surface area (Å²) < 4.78 is 0. The van der Waals surface area contributed by atoms with Crippen LogP contribution in [0.1, 0.15) is 22.3 Å². The van der Waals surface area contributed by atoms with Crippen molar-refractivity contribution in [1.29, 1.82) is 0 Å². The van der Waals surface area contributed by atoms with Gasteiger partial charge in [0.05, 0.1) is 0 Å². The molecule has 0 bridgehead atoms. The Morgan fingerprint density at radius 2 is 1.58 bits per heavy atom. The molecule has 0 amide bonds. The quantitative estimate of drug-likeness (QED) is 0.653. The number of hydrogen-bond acceptors (Lipinski definition) is 2. The highest BCUT2D eigenvalue weighted by Gasteiger charge is 2.28. The van der Waals surface area contributed by atoms with Crippen molar-refractivity contribution in [3.63, 3.8) is 0 Å². The molecule has 0 radical (unpaired) electrons. The fraction of sp³-hybridized carbons (Fsp3) is 0.174. The molecule has 0 unspecified atom stereocenters. The number of nitrogens with zero attached hydrogens (tertiary/aromatic N) is 2. The summed E-state index contributed by atoms with van der Waals surface area (Å²) in [5.74, 6) is 3.27. The molecule has 26 heavy (non-hydrogen) atoms. The summed E-state index contributed by atoms with van der Waals surface area (Å²) >= 11 is 0. The molecule has 1 aliphatic heterocycles. The van der Waals surface area contributed by atoms with E-state index in [4.69, 9.17) is 0 Å². The first-order chi connectivity index (χ1) is 12.5. The second-order valence-corrected chi connectivity index (χ2v) is 7.25. The standard InChI is InChI=1S/C23H23BN2/c1-16-9-11-25-22(15-16)26-12-10-24(20-7-5-6-8-21(20)26)23-18(3)13-17(2)14-19(23)4/h5-15H,1-4H3. The minimum absolute atomic E-state index is 0.271. The Bertz CT molecular complexity index is 984. The number of fused-ring (bicyclic) bond motifs is 1. The molecule has 4 rings (SSSR count). The van der Waals surface area contributed by atoms with Crippen molar-refractivity contribution in [2.75, 3.05) is 4.90 Å². The summed E-state index contributed by atoms with van der Waals surface area (Å²) in [7, 11) is 0. The van der Waals surface area contributed by atoms with Gasteiger partial charge in [-0.25, -0.2) is 4.98 Å². The second kappa shape index (κ2) is 6.49. The van der Waals surface area contributed by atoms with E-state index in [1.807, 2.05) is 12.3 Å². The van der Waals surface area contributed by atoms with Crippen LogP contribution in [0.3, 0.4) is 0 Å². The average Bonchev–Trinajstić information content (AvgIpc) is 2.61. The van der Waals surface area contributed by atoms with Crippen LogP contribution in [0, 0.1) is 27.7 Å². The van der Waals surface area contributed by atoms with Crippen molar-refractivity contribution in [3.05, 3.63) is 89.2 Å². The van der Waals surface area contributed by atoms with Gasteiger partial charge in [-0.1, -0.05) is 58.5 Å². The lowest BCUT2D eigenvalue weighted by atomic mass is 9.38. The Labute approximate surface area is 156 Å². The maximum atomic E-state index is 4.58. The molecule has 2 heterocycles. The van der Waals surface area contributed by atoms with Crippen molar-refractivity contribution in [1.82, 2.24) is 4.98 Å². The number of aromatic nitrogens is 1. The molecule has 1 aromatic heterocycles. The van der Waals surface area contributed by atoms with E-state index < -0.39 is 0 Å². The lowest BCUT2D eigenvalue weighted by molar-refractivity contribution is 1.16. The third-order valence-corrected chi connectivity index (χ3v) is 5.16. The van der Waals surface area contributed by atoms with Gasteiger partial charge in [0, 0.05) is 11.9 Å². The minimum Gasteiger partial charge on any atom is -0.303 e. The zero-order valence-corrected chi connectivity index (χ0v) is 15.8. The van der Waals surface area contributed by atoms with Crippen LogP contribution in [0.5, 0.6) is 0 Å². The molecule has 0 saturated heterocycles. The predicted octanol–water partition coefficient (Wildman–Crippen LogP) is 4.13. The molecule has 3 heteroatoms. The van der Waals surface area contributed by atoms with E-state index >= 15 is 0 Å². The molecule has 0 N–H and O–H groups in total. The van der Waals surface area contributed by atoms with Gasteiger partial charge in [0.25, 0.3) is 0 Å². The van der Waals surface area contributed by atoms with E-state index in [1.54, 1.807) is 0 Å². The second-order valence-electron chi connectivity index (χ2n) is 7.25. The Morgan fingerprint density at radius 1 is 0.846 bits per heavy atom. The third-order valence-electron chi connectivity index (χ3n) is 5.16. The van der Waals surface area contributed by atoms with E-state index in [2.05, 4.69) is 92.2 Å². The predicted molar refractivity (Wildman–Crippen MR) is 112 cm³/mol. The largest absolute Gasteiger partial charge is 0.303 e. The molecule has 2 nitrogen and oxygen atoms in total. The Kier molecular flexibility index (Phi) is 4.16. The maximum Gasteiger partial charge on any atom is 0.238 e. The molecule has 3 aromatic rings. The highest BCUT2D eigenvalue weighted by molar-refractivity contribution is 6.91. The van der Waals surface area contributed by atoms with Gasteiger partial charge in [-0.3, -0.25) is 0 Å². The molecule has 0 fully saturated rings. The van der Waals surface area contributed by atoms with Crippen LogP contribution in [-0.4, -0.2) is 11.7 Å². The van der Waals surface area contributed by atoms with E-state index in [0.717, 1.165) is 5.82 Å². The van der Waals surface area contributed by atoms with Crippen LogP contribution in [0.15, 0.2) is 66.9 Å². The summed E-state index contributed by atoms with van der Waals surface area (Å²) in [4.78, 5) is 6.77.